The molecule has 0 unspecified atom stereocenters. The Kier molecular flexibility index (Phi) is 7.26. The summed E-state index contributed by atoms with van der Waals surface area (Å²) in [5.74, 6) is -2.08. The summed E-state index contributed by atoms with van der Waals surface area (Å²) in [5.41, 5.74) is 2.54. The molecule has 0 bridgehead atoms. The smallest absolute Gasteiger partial charge is 0.274 e. The van der Waals surface area contributed by atoms with Crippen molar-refractivity contribution in [3.63, 3.8) is 0 Å². The predicted molar refractivity (Wildman–Crippen MR) is 129 cm³/mol. The van der Waals surface area contributed by atoms with E-state index < -0.39 is 11.6 Å². The Morgan fingerprint density at radius 3 is 2.51 bits per heavy atom. The van der Waals surface area contributed by atoms with Crippen LogP contribution in [0.4, 0.5) is 8.78 Å². The van der Waals surface area contributed by atoms with Gasteiger partial charge >= 0.3 is 0 Å². The van der Waals surface area contributed by atoms with E-state index in [0.29, 0.717) is 43.9 Å². The Morgan fingerprint density at radius 1 is 1.14 bits per heavy atom. The van der Waals surface area contributed by atoms with Gasteiger partial charge in [0.25, 0.3) is 5.91 Å². The summed E-state index contributed by atoms with van der Waals surface area (Å²) in [6.45, 7) is 6.73. The van der Waals surface area contributed by atoms with E-state index in [2.05, 4.69) is 29.2 Å². The van der Waals surface area contributed by atoms with Crippen molar-refractivity contribution in [1.82, 2.24) is 24.9 Å². The molecule has 35 heavy (non-hydrogen) atoms. The van der Waals surface area contributed by atoms with Crippen LogP contribution in [0.5, 0.6) is 0 Å². The predicted octanol–water partition coefficient (Wildman–Crippen LogP) is 3.20. The van der Waals surface area contributed by atoms with Crippen LogP contribution in [0.1, 0.15) is 54.9 Å². The van der Waals surface area contributed by atoms with Crippen LogP contribution in [-0.4, -0.2) is 71.7 Å². The van der Waals surface area contributed by atoms with E-state index in [1.165, 1.54) is 6.07 Å². The fourth-order valence-electron chi connectivity index (χ4n) is 5.32. The molecular formula is C26H35F2N5O2. The van der Waals surface area contributed by atoms with Crippen molar-refractivity contribution in [2.45, 2.75) is 46.0 Å². The molecule has 4 rings (SSSR count). The summed E-state index contributed by atoms with van der Waals surface area (Å²) in [4.78, 5) is 30.0. The molecule has 7 nitrogen and oxygen atoms in total. The quantitative estimate of drug-likeness (QED) is 0.651. The van der Waals surface area contributed by atoms with Crippen LogP contribution >= 0.6 is 0 Å². The van der Waals surface area contributed by atoms with Crippen molar-refractivity contribution in [2.24, 2.45) is 11.3 Å². The van der Waals surface area contributed by atoms with Gasteiger partial charge in [-0.1, -0.05) is 13.8 Å². The first-order chi connectivity index (χ1) is 16.6. The molecule has 2 aliphatic rings. The fraction of sp³-hybridized carbons (Fsp3) is 0.577. The van der Waals surface area contributed by atoms with Crippen molar-refractivity contribution in [3.05, 3.63) is 46.8 Å². The zero-order chi connectivity index (χ0) is 25.3. The molecule has 0 saturated carbocycles. The topological polar surface area (TPSA) is 70.5 Å². The molecule has 2 heterocycles. The number of rotatable bonds is 7. The molecule has 1 aliphatic heterocycles. The Bertz CT molecular complexity index is 1100. The highest BCUT2D eigenvalue weighted by atomic mass is 19.2. The zero-order valence-electron chi connectivity index (χ0n) is 21.0. The zero-order valence-corrected chi connectivity index (χ0v) is 21.0. The third kappa shape index (κ3) is 5.55. The summed E-state index contributed by atoms with van der Waals surface area (Å²) < 4.78 is 28.8. The Hall–Kier alpha value is -2.81. The molecule has 0 spiro atoms. The van der Waals surface area contributed by atoms with E-state index >= 15 is 0 Å². The van der Waals surface area contributed by atoms with Crippen molar-refractivity contribution in [1.29, 1.82) is 0 Å². The molecule has 1 fully saturated rings. The SMILES string of the molecule is CN(C)CC(C)(C)CNC(=O)C1CCN(C(=O)c2nn(-c3ccc(F)c(F)c3)c3c2CCC3)CC1. The lowest BCUT2D eigenvalue weighted by Gasteiger charge is -2.33. The molecule has 2 aromatic rings. The number of nitrogens with zero attached hydrogens (tertiary/aromatic N) is 4. The molecule has 190 valence electrons. The van der Waals surface area contributed by atoms with Crippen molar-refractivity contribution >= 4 is 11.8 Å². The van der Waals surface area contributed by atoms with Gasteiger partial charge in [-0.15, -0.1) is 0 Å². The lowest BCUT2D eigenvalue weighted by atomic mass is 9.91. The minimum Gasteiger partial charge on any atom is -0.355 e. The highest BCUT2D eigenvalue weighted by molar-refractivity contribution is 5.94. The van der Waals surface area contributed by atoms with Gasteiger partial charge in [0.2, 0.25) is 5.91 Å². The van der Waals surface area contributed by atoms with Gasteiger partial charge in [-0.05, 0) is 63.7 Å². The van der Waals surface area contributed by atoms with Crippen molar-refractivity contribution in [2.75, 3.05) is 40.3 Å². The minimum absolute atomic E-state index is 0.0253. The molecule has 0 radical (unpaired) electrons. The number of carbonyl (C=O) groups is 2. The van der Waals surface area contributed by atoms with E-state index in [-0.39, 0.29) is 23.1 Å². The lowest BCUT2D eigenvalue weighted by Crippen LogP contribution is -2.46. The number of benzene rings is 1. The van der Waals surface area contributed by atoms with Crippen LogP contribution in [0, 0.1) is 23.0 Å². The van der Waals surface area contributed by atoms with Crippen LogP contribution in [0.2, 0.25) is 0 Å². The van der Waals surface area contributed by atoms with E-state index in [1.807, 2.05) is 14.1 Å². The monoisotopic (exact) mass is 487 g/mol. The Balaban J connectivity index is 1.40. The first kappa shape index (κ1) is 25.3. The van der Waals surface area contributed by atoms with Gasteiger partial charge in [-0.25, -0.2) is 13.5 Å². The Morgan fingerprint density at radius 2 is 1.86 bits per heavy atom. The number of piperidine rings is 1. The number of aromatic nitrogens is 2. The van der Waals surface area contributed by atoms with Gasteiger partial charge in [0.15, 0.2) is 17.3 Å². The number of halogens is 2. The van der Waals surface area contributed by atoms with Crippen LogP contribution in [-0.2, 0) is 17.6 Å². The average molecular weight is 488 g/mol. The van der Waals surface area contributed by atoms with Crippen LogP contribution in [0.3, 0.4) is 0 Å². The number of hydrogen-bond donors (Lipinski definition) is 1. The molecule has 1 aliphatic carbocycles. The van der Waals surface area contributed by atoms with Crippen molar-refractivity contribution < 1.29 is 18.4 Å². The lowest BCUT2D eigenvalue weighted by molar-refractivity contribution is -0.126. The Labute approximate surface area is 205 Å². The first-order valence-corrected chi connectivity index (χ1v) is 12.3. The second-order valence-corrected chi connectivity index (χ2v) is 10.8. The van der Waals surface area contributed by atoms with E-state index in [4.69, 9.17) is 0 Å². The molecule has 2 amide bonds. The van der Waals surface area contributed by atoms with Gasteiger partial charge in [-0.3, -0.25) is 9.59 Å². The number of hydrogen-bond acceptors (Lipinski definition) is 4. The van der Waals surface area contributed by atoms with Gasteiger partial charge in [0, 0.05) is 49.4 Å². The normalized spacial score (nSPS) is 16.6. The average Bonchev–Trinajstić information content (AvgIpc) is 3.41. The standard InChI is InChI=1S/C26H35F2N5O2/c1-26(2,16-31(3)4)15-29-24(34)17-10-12-32(13-11-17)25(35)23-19-6-5-7-22(19)33(30-23)18-8-9-20(27)21(28)14-18/h8-9,14,17H,5-7,10-13,15-16H2,1-4H3,(H,29,34). The molecule has 1 saturated heterocycles. The van der Waals surface area contributed by atoms with E-state index in [0.717, 1.165) is 49.2 Å². The largest absolute Gasteiger partial charge is 0.355 e. The van der Waals surface area contributed by atoms with Gasteiger partial charge in [0.05, 0.1) is 5.69 Å². The highest BCUT2D eigenvalue weighted by Gasteiger charge is 2.33. The molecule has 9 heteroatoms. The minimum atomic E-state index is -0.942. The highest BCUT2D eigenvalue weighted by Crippen LogP contribution is 2.30. The molecule has 0 atom stereocenters. The van der Waals surface area contributed by atoms with E-state index in [9.17, 15) is 18.4 Å². The molecule has 1 N–H and O–H groups in total. The molecular weight excluding hydrogens is 452 g/mol. The number of amides is 2. The summed E-state index contributed by atoms with van der Waals surface area (Å²) in [7, 11) is 4.04. The third-order valence-electron chi connectivity index (χ3n) is 6.92. The van der Waals surface area contributed by atoms with Gasteiger partial charge in [-0.2, -0.15) is 5.10 Å². The van der Waals surface area contributed by atoms with Crippen molar-refractivity contribution in [3.8, 4) is 5.69 Å². The maximum atomic E-state index is 13.8. The number of nitrogens with one attached hydrogen (secondary N) is 1. The summed E-state index contributed by atoms with van der Waals surface area (Å²) >= 11 is 0. The molecule has 1 aromatic carbocycles. The third-order valence-corrected chi connectivity index (χ3v) is 6.92. The van der Waals surface area contributed by atoms with E-state index in [1.54, 1.807) is 9.58 Å². The maximum absolute atomic E-state index is 13.8. The number of carbonyl (C=O) groups excluding carboxylic acids is 2. The second kappa shape index (κ2) is 10.0. The summed E-state index contributed by atoms with van der Waals surface area (Å²) in [6.07, 6.45) is 3.59. The second-order valence-electron chi connectivity index (χ2n) is 10.8. The first-order valence-electron chi connectivity index (χ1n) is 12.3. The van der Waals surface area contributed by atoms with Crippen LogP contribution < -0.4 is 5.32 Å². The van der Waals surface area contributed by atoms with Gasteiger partial charge in [0.1, 0.15) is 0 Å². The fourth-order valence-corrected chi connectivity index (χ4v) is 5.32. The summed E-state index contributed by atoms with van der Waals surface area (Å²) in [6, 6.07) is 3.66. The maximum Gasteiger partial charge on any atom is 0.274 e. The molecule has 1 aromatic heterocycles. The summed E-state index contributed by atoms with van der Waals surface area (Å²) in [5, 5.41) is 7.63. The van der Waals surface area contributed by atoms with Crippen LogP contribution in [0.15, 0.2) is 18.2 Å². The van der Waals surface area contributed by atoms with Crippen LogP contribution in [0.25, 0.3) is 5.69 Å². The van der Waals surface area contributed by atoms with Gasteiger partial charge < -0.3 is 15.1 Å². The number of fused-ring (bicyclic) bond motifs is 1. The number of likely N-dealkylation sites (tertiary alicyclic amines) is 1.